The Hall–Kier alpha value is -2.14. The Morgan fingerprint density at radius 3 is 2.07 bits per heavy atom. The average molecular weight is 448 g/mol. The lowest BCUT2D eigenvalue weighted by atomic mass is 9.84. The maximum atomic E-state index is 12.5. The van der Waals surface area contributed by atoms with Crippen LogP contribution in [-0.2, 0) is 42.9 Å². The first-order valence-electron chi connectivity index (χ1n) is 9.49. The topological polar surface area (TPSA) is 134 Å². The Morgan fingerprint density at radius 1 is 0.967 bits per heavy atom. The number of nitrogens with one attached hydrogen (secondary N) is 1. The van der Waals surface area contributed by atoms with E-state index in [2.05, 4.69) is 5.32 Å². The van der Waals surface area contributed by atoms with E-state index in [-0.39, 0.29) is 29.3 Å². The zero-order chi connectivity index (χ0) is 23.0. The quantitative estimate of drug-likeness (QED) is 0.421. The number of ether oxygens (including phenoxy) is 4. The van der Waals surface area contributed by atoms with E-state index in [9.17, 15) is 24.0 Å². The molecule has 1 heterocycles. The summed E-state index contributed by atoms with van der Waals surface area (Å²) in [5.41, 5.74) is 0. The van der Waals surface area contributed by atoms with Crippen LogP contribution in [0.2, 0.25) is 0 Å². The molecule has 1 fully saturated rings. The van der Waals surface area contributed by atoms with E-state index in [1.165, 1.54) is 27.7 Å². The number of rotatable bonds is 8. The van der Waals surface area contributed by atoms with E-state index < -0.39 is 48.4 Å². The van der Waals surface area contributed by atoms with Crippen molar-refractivity contribution >= 4 is 40.7 Å². The summed E-state index contributed by atoms with van der Waals surface area (Å²) in [4.78, 5) is 57.9. The molecule has 1 rings (SSSR count). The molecule has 0 aromatic carbocycles. The first kappa shape index (κ1) is 25.9. The van der Waals surface area contributed by atoms with Crippen molar-refractivity contribution in [1.82, 2.24) is 5.32 Å². The van der Waals surface area contributed by atoms with Crippen molar-refractivity contribution in [3.63, 3.8) is 0 Å². The highest BCUT2D eigenvalue weighted by molar-refractivity contribution is 8.13. The molecule has 0 aromatic heterocycles. The third kappa shape index (κ3) is 8.31. The Balaban J connectivity index is 2.90. The summed E-state index contributed by atoms with van der Waals surface area (Å²) < 4.78 is 21.6. The van der Waals surface area contributed by atoms with Crippen molar-refractivity contribution in [3.05, 3.63) is 0 Å². The lowest BCUT2D eigenvalue weighted by Gasteiger charge is -2.43. The van der Waals surface area contributed by atoms with Crippen molar-refractivity contribution < 1.29 is 42.9 Å². The van der Waals surface area contributed by atoms with Gasteiger partial charge in [-0.3, -0.25) is 19.2 Å². The van der Waals surface area contributed by atoms with Crippen LogP contribution in [0.1, 0.15) is 41.5 Å². The average Bonchev–Trinajstić information content (AvgIpc) is 2.62. The van der Waals surface area contributed by atoms with Gasteiger partial charge in [0, 0.05) is 45.3 Å². The summed E-state index contributed by atoms with van der Waals surface area (Å²) in [6.07, 6.45) is -2.51. The largest absolute Gasteiger partial charge is 0.461 e. The fourth-order valence-electron chi connectivity index (χ4n) is 2.95. The van der Waals surface area contributed by atoms with Gasteiger partial charge in [0.05, 0.1) is 0 Å². The summed E-state index contributed by atoms with van der Waals surface area (Å²) in [5.74, 6) is -2.80. The number of esters is 3. The van der Waals surface area contributed by atoms with E-state index in [1.807, 2.05) is 6.92 Å². The second-order valence-electron chi connectivity index (χ2n) is 7.13. The molecule has 1 saturated heterocycles. The van der Waals surface area contributed by atoms with Crippen LogP contribution in [0, 0.1) is 11.8 Å². The second kappa shape index (κ2) is 11.9. The molecular formula is C19H29NO9S. The second-order valence-corrected chi connectivity index (χ2v) is 8.33. The minimum absolute atomic E-state index is 0.0101. The van der Waals surface area contributed by atoms with Crippen molar-refractivity contribution in [2.75, 3.05) is 12.4 Å². The van der Waals surface area contributed by atoms with Gasteiger partial charge in [-0.2, -0.15) is 0 Å². The molecule has 6 unspecified atom stereocenters. The molecule has 0 radical (unpaired) electrons. The molecule has 6 atom stereocenters. The van der Waals surface area contributed by atoms with Crippen molar-refractivity contribution in [2.45, 2.75) is 66.1 Å². The molecule has 10 nitrogen and oxygen atoms in total. The highest BCUT2D eigenvalue weighted by Crippen LogP contribution is 2.33. The predicted molar refractivity (Wildman–Crippen MR) is 106 cm³/mol. The van der Waals surface area contributed by atoms with E-state index in [4.69, 9.17) is 18.9 Å². The number of carbonyl (C=O) groups is 5. The molecule has 170 valence electrons. The summed E-state index contributed by atoms with van der Waals surface area (Å²) >= 11 is 0.875. The lowest BCUT2D eigenvalue weighted by molar-refractivity contribution is -0.265. The predicted octanol–water partition coefficient (Wildman–Crippen LogP) is 0.806. The van der Waals surface area contributed by atoms with E-state index in [0.29, 0.717) is 0 Å². The zero-order valence-corrected chi connectivity index (χ0v) is 18.8. The van der Waals surface area contributed by atoms with Crippen LogP contribution in [0.4, 0.5) is 0 Å². The lowest BCUT2D eigenvalue weighted by Crippen LogP contribution is -2.54. The van der Waals surface area contributed by atoms with Crippen LogP contribution in [-0.4, -0.2) is 65.8 Å². The minimum Gasteiger partial charge on any atom is -0.461 e. The molecule has 0 saturated carbocycles. The zero-order valence-electron chi connectivity index (χ0n) is 18.0. The van der Waals surface area contributed by atoms with Crippen LogP contribution in [0.25, 0.3) is 0 Å². The number of hydrogen-bond donors (Lipinski definition) is 1. The van der Waals surface area contributed by atoms with Gasteiger partial charge in [0.1, 0.15) is 24.9 Å². The van der Waals surface area contributed by atoms with Crippen LogP contribution < -0.4 is 5.32 Å². The number of amides is 1. The smallest absolute Gasteiger partial charge is 0.329 e. The van der Waals surface area contributed by atoms with Gasteiger partial charge in [-0.05, 0) is 0 Å². The van der Waals surface area contributed by atoms with Gasteiger partial charge in [0.2, 0.25) is 12.2 Å². The van der Waals surface area contributed by atoms with E-state index in [1.54, 1.807) is 6.92 Å². The molecule has 1 aliphatic heterocycles. The third-order valence-corrected chi connectivity index (χ3v) is 5.45. The van der Waals surface area contributed by atoms with Crippen LogP contribution in [0.5, 0.6) is 0 Å². The molecule has 1 aliphatic rings. The monoisotopic (exact) mass is 447 g/mol. The molecule has 30 heavy (non-hydrogen) atoms. The third-order valence-electron chi connectivity index (χ3n) is 4.54. The van der Waals surface area contributed by atoms with E-state index in [0.717, 1.165) is 11.8 Å². The van der Waals surface area contributed by atoms with Gasteiger partial charge in [-0.25, -0.2) is 4.79 Å². The summed E-state index contributed by atoms with van der Waals surface area (Å²) in [7, 11) is 0. The Bertz CT molecular complexity index is 668. The SMILES string of the molecule is CC(=O)NC(CSC(C)=O)C(=O)OCC1OC(OC(C)=O)C(C)C(C)C1OC(C)=O. The number of carbonyl (C=O) groups excluding carboxylic acids is 5. The highest BCUT2D eigenvalue weighted by Gasteiger charge is 2.45. The van der Waals surface area contributed by atoms with Crippen molar-refractivity contribution in [3.8, 4) is 0 Å². The molecule has 0 aliphatic carbocycles. The molecule has 0 bridgehead atoms. The maximum absolute atomic E-state index is 12.5. The normalized spacial score (nSPS) is 26.8. The molecule has 1 N–H and O–H groups in total. The van der Waals surface area contributed by atoms with Crippen LogP contribution in [0.15, 0.2) is 0 Å². The number of thioether (sulfide) groups is 1. The van der Waals surface area contributed by atoms with Gasteiger partial charge in [0.25, 0.3) is 0 Å². The standard InChI is InChI=1S/C19H29NO9S/c1-9-10(2)19(28-13(5)23)29-16(17(9)27-12(4)22)7-26-18(25)15(20-11(3)21)8-30-14(6)24/h9-10,15-17,19H,7-8H2,1-6H3,(H,20,21). The maximum Gasteiger partial charge on any atom is 0.329 e. The summed E-state index contributed by atoms with van der Waals surface area (Å²) in [6.45, 7) is 8.40. The minimum atomic E-state index is -1.03. The van der Waals surface area contributed by atoms with Crippen molar-refractivity contribution in [2.24, 2.45) is 11.8 Å². The van der Waals surface area contributed by atoms with Crippen LogP contribution >= 0.6 is 11.8 Å². The first-order valence-corrected chi connectivity index (χ1v) is 10.5. The summed E-state index contributed by atoms with van der Waals surface area (Å²) in [5, 5.41) is 2.22. The Morgan fingerprint density at radius 2 is 1.57 bits per heavy atom. The molecule has 0 spiro atoms. The molecule has 0 aromatic rings. The number of hydrogen-bond acceptors (Lipinski definition) is 10. The Labute approximate surface area is 179 Å². The van der Waals surface area contributed by atoms with Gasteiger partial charge in [-0.1, -0.05) is 25.6 Å². The molecular weight excluding hydrogens is 418 g/mol. The highest BCUT2D eigenvalue weighted by atomic mass is 32.2. The van der Waals surface area contributed by atoms with E-state index >= 15 is 0 Å². The fourth-order valence-corrected chi connectivity index (χ4v) is 3.57. The van der Waals surface area contributed by atoms with Gasteiger partial charge in [0.15, 0.2) is 5.12 Å². The first-order chi connectivity index (χ1) is 13.9. The molecule has 1 amide bonds. The summed E-state index contributed by atoms with van der Waals surface area (Å²) in [6, 6.07) is -1.03. The fraction of sp³-hybridized carbons (Fsp3) is 0.737. The van der Waals surface area contributed by atoms with Gasteiger partial charge >= 0.3 is 17.9 Å². The molecule has 11 heteroatoms. The van der Waals surface area contributed by atoms with Gasteiger partial charge < -0.3 is 24.3 Å². The van der Waals surface area contributed by atoms with Gasteiger partial charge in [-0.15, -0.1) is 0 Å². The Kier molecular flexibility index (Phi) is 10.3. The van der Waals surface area contributed by atoms with Crippen molar-refractivity contribution in [1.29, 1.82) is 0 Å². The van der Waals surface area contributed by atoms with Crippen LogP contribution in [0.3, 0.4) is 0 Å².